The summed E-state index contributed by atoms with van der Waals surface area (Å²) >= 11 is 0. The van der Waals surface area contributed by atoms with Gasteiger partial charge in [0.05, 0.1) is 6.54 Å². The molecule has 1 aromatic carbocycles. The zero-order valence-corrected chi connectivity index (χ0v) is 13.1. The molecule has 0 unspecified atom stereocenters. The van der Waals surface area contributed by atoms with E-state index in [-0.39, 0.29) is 35.2 Å². The molecular formula is C14H19FIN3. The smallest absolute Gasteiger partial charge is 0.188 e. The van der Waals surface area contributed by atoms with Crippen molar-refractivity contribution in [3.05, 3.63) is 35.6 Å². The summed E-state index contributed by atoms with van der Waals surface area (Å²) in [6.45, 7) is 0.655. The molecule has 3 nitrogen and oxygen atoms in total. The molecule has 3 rings (SSSR count). The first-order chi connectivity index (χ1) is 8.68. The van der Waals surface area contributed by atoms with Gasteiger partial charge in [-0.15, -0.1) is 24.0 Å². The molecule has 2 fully saturated rings. The van der Waals surface area contributed by atoms with Crippen LogP contribution in [0.25, 0.3) is 0 Å². The average molecular weight is 375 g/mol. The van der Waals surface area contributed by atoms with Crippen LogP contribution in [0.4, 0.5) is 4.39 Å². The number of hydrogen-bond acceptors (Lipinski definition) is 1. The van der Waals surface area contributed by atoms with Gasteiger partial charge in [-0.25, -0.2) is 4.39 Å². The number of benzene rings is 1. The van der Waals surface area contributed by atoms with Gasteiger partial charge in [0.25, 0.3) is 0 Å². The maximum Gasteiger partial charge on any atom is 0.188 e. The average Bonchev–Trinajstić information content (AvgIpc) is 3.23. The van der Waals surface area contributed by atoms with Crippen LogP contribution in [-0.2, 0) is 5.41 Å². The second kappa shape index (κ2) is 5.64. The Hall–Kier alpha value is -0.850. The molecule has 0 aliphatic heterocycles. The van der Waals surface area contributed by atoms with E-state index in [4.69, 9.17) is 5.73 Å². The molecule has 2 aliphatic carbocycles. The fraction of sp³-hybridized carbons (Fsp3) is 0.500. The molecule has 2 saturated carbocycles. The molecule has 104 valence electrons. The van der Waals surface area contributed by atoms with E-state index in [1.54, 1.807) is 12.1 Å². The van der Waals surface area contributed by atoms with Crippen LogP contribution in [0.5, 0.6) is 0 Å². The van der Waals surface area contributed by atoms with E-state index in [0.717, 1.165) is 18.4 Å². The molecule has 19 heavy (non-hydrogen) atoms. The van der Waals surface area contributed by atoms with Gasteiger partial charge in [-0.2, -0.15) is 0 Å². The normalized spacial score (nSPS) is 20.6. The van der Waals surface area contributed by atoms with Crippen molar-refractivity contribution in [3.8, 4) is 0 Å². The van der Waals surface area contributed by atoms with Crippen LogP contribution in [0.1, 0.15) is 31.2 Å². The number of nitrogens with one attached hydrogen (secondary N) is 1. The van der Waals surface area contributed by atoms with E-state index in [1.165, 1.54) is 18.9 Å². The van der Waals surface area contributed by atoms with Crippen LogP contribution in [0.2, 0.25) is 0 Å². The van der Waals surface area contributed by atoms with Crippen LogP contribution >= 0.6 is 24.0 Å². The molecule has 1 aromatic rings. The maximum atomic E-state index is 13.2. The van der Waals surface area contributed by atoms with Crippen LogP contribution in [0, 0.1) is 5.82 Å². The van der Waals surface area contributed by atoms with Crippen molar-refractivity contribution in [2.75, 3.05) is 6.54 Å². The van der Waals surface area contributed by atoms with Crippen molar-refractivity contribution in [1.82, 2.24) is 5.32 Å². The van der Waals surface area contributed by atoms with Crippen LogP contribution in [0.15, 0.2) is 29.3 Å². The van der Waals surface area contributed by atoms with Crippen molar-refractivity contribution in [1.29, 1.82) is 0 Å². The number of hydrogen-bond donors (Lipinski definition) is 2. The highest BCUT2D eigenvalue weighted by atomic mass is 127. The van der Waals surface area contributed by atoms with Gasteiger partial charge in [0.15, 0.2) is 5.96 Å². The molecule has 5 heteroatoms. The number of nitrogens with zero attached hydrogens (tertiary/aromatic N) is 1. The topological polar surface area (TPSA) is 50.4 Å². The van der Waals surface area contributed by atoms with Gasteiger partial charge in [-0.3, -0.25) is 4.99 Å². The fourth-order valence-electron chi connectivity index (χ4n) is 2.23. The van der Waals surface area contributed by atoms with E-state index < -0.39 is 0 Å². The third-order valence-corrected chi connectivity index (χ3v) is 3.77. The monoisotopic (exact) mass is 375 g/mol. The minimum atomic E-state index is -0.174. The van der Waals surface area contributed by atoms with E-state index in [2.05, 4.69) is 10.3 Å². The lowest BCUT2D eigenvalue weighted by atomic mass is 9.96. The summed E-state index contributed by atoms with van der Waals surface area (Å²) in [5, 5.41) is 3.17. The lowest BCUT2D eigenvalue weighted by Gasteiger charge is -2.13. The zero-order valence-electron chi connectivity index (χ0n) is 10.7. The van der Waals surface area contributed by atoms with Gasteiger partial charge in [-0.05, 0) is 43.4 Å². The minimum absolute atomic E-state index is 0. The van der Waals surface area contributed by atoms with Gasteiger partial charge < -0.3 is 11.1 Å². The Morgan fingerprint density at radius 1 is 1.42 bits per heavy atom. The highest BCUT2D eigenvalue weighted by Crippen LogP contribution is 2.48. The molecular weight excluding hydrogens is 356 g/mol. The second-order valence-corrected chi connectivity index (χ2v) is 5.41. The highest BCUT2D eigenvalue weighted by Gasteiger charge is 2.44. The Kier molecular flexibility index (Phi) is 4.32. The molecule has 0 radical (unpaired) electrons. The summed E-state index contributed by atoms with van der Waals surface area (Å²) in [7, 11) is 0. The van der Waals surface area contributed by atoms with Gasteiger partial charge in [0.1, 0.15) is 5.82 Å². The van der Waals surface area contributed by atoms with Gasteiger partial charge >= 0.3 is 0 Å². The lowest BCUT2D eigenvalue weighted by molar-refractivity contribution is 0.616. The van der Waals surface area contributed by atoms with E-state index in [0.29, 0.717) is 18.5 Å². The third-order valence-electron chi connectivity index (χ3n) is 3.77. The Labute approximate surface area is 129 Å². The molecule has 0 spiro atoms. The summed E-state index contributed by atoms with van der Waals surface area (Å²) in [5.74, 6) is 0.354. The molecule has 0 saturated heterocycles. The molecule has 2 aliphatic rings. The molecule has 0 aromatic heterocycles. The van der Waals surface area contributed by atoms with Crippen molar-refractivity contribution in [2.24, 2.45) is 10.7 Å². The quantitative estimate of drug-likeness (QED) is 0.483. The summed E-state index contributed by atoms with van der Waals surface area (Å²) in [6.07, 6.45) is 4.50. The Balaban J connectivity index is 0.00000133. The second-order valence-electron chi connectivity index (χ2n) is 5.41. The first-order valence-corrected chi connectivity index (χ1v) is 6.50. The molecule has 3 N–H and O–H groups in total. The zero-order chi connectivity index (χ0) is 12.6. The Morgan fingerprint density at radius 2 is 2.16 bits per heavy atom. The van der Waals surface area contributed by atoms with Crippen LogP contribution in [0.3, 0.4) is 0 Å². The van der Waals surface area contributed by atoms with Crippen LogP contribution in [-0.4, -0.2) is 18.5 Å². The summed E-state index contributed by atoms with van der Waals surface area (Å²) in [4.78, 5) is 4.41. The summed E-state index contributed by atoms with van der Waals surface area (Å²) in [6, 6.07) is 7.37. The number of halogens is 2. The Morgan fingerprint density at radius 3 is 2.74 bits per heavy atom. The standard InChI is InChI=1S/C14H18FN3.HI/c15-11-3-1-2-10(8-11)14(6-7-14)9-17-13(16)18-12-4-5-12;/h1-3,8,12H,4-7,9H2,(H3,16,17,18);1H. The summed E-state index contributed by atoms with van der Waals surface area (Å²) in [5.41, 5.74) is 6.89. The summed E-state index contributed by atoms with van der Waals surface area (Å²) < 4.78 is 13.2. The molecule has 0 atom stereocenters. The highest BCUT2D eigenvalue weighted by molar-refractivity contribution is 14.0. The molecule has 0 heterocycles. The van der Waals surface area contributed by atoms with Crippen molar-refractivity contribution in [2.45, 2.75) is 37.1 Å². The van der Waals surface area contributed by atoms with Gasteiger partial charge in [0, 0.05) is 11.5 Å². The Bertz CT molecular complexity index is 481. The van der Waals surface area contributed by atoms with Crippen molar-refractivity contribution in [3.63, 3.8) is 0 Å². The van der Waals surface area contributed by atoms with Crippen molar-refractivity contribution < 1.29 is 4.39 Å². The third kappa shape index (κ3) is 3.58. The van der Waals surface area contributed by atoms with Gasteiger partial charge in [-0.1, -0.05) is 12.1 Å². The van der Waals surface area contributed by atoms with E-state index >= 15 is 0 Å². The first-order valence-electron chi connectivity index (χ1n) is 6.50. The first kappa shape index (κ1) is 14.6. The largest absolute Gasteiger partial charge is 0.370 e. The van der Waals surface area contributed by atoms with Crippen LogP contribution < -0.4 is 11.1 Å². The van der Waals surface area contributed by atoms with Crippen molar-refractivity contribution >= 4 is 29.9 Å². The minimum Gasteiger partial charge on any atom is -0.370 e. The fourth-order valence-corrected chi connectivity index (χ4v) is 2.23. The predicted molar refractivity (Wildman–Crippen MR) is 85.4 cm³/mol. The number of rotatable bonds is 4. The number of guanidine groups is 1. The molecule has 0 bridgehead atoms. The maximum absolute atomic E-state index is 13.2. The predicted octanol–water partition coefficient (Wildman–Crippen LogP) is 2.54. The SMILES string of the molecule is I.NC(=NCC1(c2cccc(F)c2)CC1)NC1CC1. The van der Waals surface area contributed by atoms with Gasteiger partial charge in [0.2, 0.25) is 0 Å². The number of nitrogens with two attached hydrogens (primary N) is 1. The van der Waals surface area contributed by atoms with E-state index in [9.17, 15) is 4.39 Å². The molecule has 0 amide bonds. The lowest BCUT2D eigenvalue weighted by Crippen LogP contribution is -2.34. The number of aliphatic imine (C=N–C) groups is 1. The van der Waals surface area contributed by atoms with E-state index in [1.807, 2.05) is 6.07 Å².